The zero-order valence-electron chi connectivity index (χ0n) is 14.5. The Bertz CT molecular complexity index is 1060. The molecule has 1 aliphatic rings. The number of fused-ring (bicyclic) bond motifs is 1. The Balaban J connectivity index is 1.67. The van der Waals surface area contributed by atoms with Gasteiger partial charge in [0.15, 0.2) is 11.2 Å². The number of piperazine rings is 1. The molecule has 3 aromatic rings. The van der Waals surface area contributed by atoms with Crippen molar-refractivity contribution in [2.24, 2.45) is 0 Å². The minimum absolute atomic E-state index is 0.00932. The van der Waals surface area contributed by atoms with E-state index >= 15 is 0 Å². The lowest BCUT2D eigenvalue weighted by molar-refractivity contribution is 0.0997. The van der Waals surface area contributed by atoms with E-state index in [2.05, 4.69) is 31.5 Å². The molecule has 0 bridgehead atoms. The normalized spacial score (nSPS) is 14.3. The van der Waals surface area contributed by atoms with Gasteiger partial charge in [-0.2, -0.15) is 0 Å². The molecule has 2 heterocycles. The number of hydrogen-bond acceptors (Lipinski definition) is 5. The van der Waals surface area contributed by atoms with E-state index in [-0.39, 0.29) is 11.2 Å². The van der Waals surface area contributed by atoms with Crippen LogP contribution in [0.3, 0.4) is 0 Å². The highest BCUT2D eigenvalue weighted by molar-refractivity contribution is 9.10. The predicted molar refractivity (Wildman–Crippen MR) is 110 cm³/mol. The maximum Gasteiger partial charge on any atom is 0.291 e. The van der Waals surface area contributed by atoms with Crippen molar-refractivity contribution in [2.75, 3.05) is 36.4 Å². The van der Waals surface area contributed by atoms with Gasteiger partial charge in [-0.1, -0.05) is 28.1 Å². The number of carbonyl (C=O) groups excluding carboxylic acids is 1. The smallest absolute Gasteiger partial charge is 0.291 e. The highest BCUT2D eigenvalue weighted by Crippen LogP contribution is 2.30. The molecule has 2 aromatic carbocycles. The summed E-state index contributed by atoms with van der Waals surface area (Å²) in [5, 5.41) is 6.67. The average Bonchev–Trinajstić information content (AvgIpc) is 2.69. The second-order valence-corrected chi connectivity index (χ2v) is 7.24. The third-order valence-corrected chi connectivity index (χ3v) is 5.02. The third kappa shape index (κ3) is 3.74. The summed E-state index contributed by atoms with van der Waals surface area (Å²) < 4.78 is 6.50. The fourth-order valence-corrected chi connectivity index (χ4v) is 3.55. The summed E-state index contributed by atoms with van der Waals surface area (Å²) in [6.07, 6.45) is 0. The van der Waals surface area contributed by atoms with Crippen molar-refractivity contribution in [1.29, 1.82) is 0 Å². The van der Waals surface area contributed by atoms with Crippen molar-refractivity contribution in [1.82, 2.24) is 5.32 Å². The Morgan fingerprint density at radius 2 is 1.89 bits per heavy atom. The van der Waals surface area contributed by atoms with Crippen LogP contribution >= 0.6 is 15.9 Å². The van der Waals surface area contributed by atoms with Crippen molar-refractivity contribution < 1.29 is 9.21 Å². The average molecular weight is 428 g/mol. The molecule has 7 heteroatoms. The van der Waals surface area contributed by atoms with Crippen LogP contribution < -0.4 is 21.0 Å². The highest BCUT2D eigenvalue weighted by atomic mass is 79.9. The summed E-state index contributed by atoms with van der Waals surface area (Å²) in [6, 6.07) is 13.9. The van der Waals surface area contributed by atoms with Gasteiger partial charge in [0.2, 0.25) is 0 Å². The largest absolute Gasteiger partial charge is 0.451 e. The summed E-state index contributed by atoms with van der Waals surface area (Å²) >= 11 is 3.46. The van der Waals surface area contributed by atoms with E-state index in [1.54, 1.807) is 24.3 Å². The molecule has 0 radical (unpaired) electrons. The molecule has 1 amide bonds. The van der Waals surface area contributed by atoms with Gasteiger partial charge in [-0.25, -0.2) is 0 Å². The molecule has 0 atom stereocenters. The molecular formula is C20H18BrN3O3. The van der Waals surface area contributed by atoms with Crippen LogP contribution in [0.15, 0.2) is 62.2 Å². The van der Waals surface area contributed by atoms with Gasteiger partial charge in [-0.3, -0.25) is 9.59 Å². The van der Waals surface area contributed by atoms with Gasteiger partial charge < -0.3 is 20.0 Å². The molecule has 2 N–H and O–H groups in total. The minimum Gasteiger partial charge on any atom is -0.451 e. The zero-order chi connectivity index (χ0) is 18.8. The van der Waals surface area contributed by atoms with Crippen LogP contribution in [-0.2, 0) is 0 Å². The van der Waals surface area contributed by atoms with Crippen LogP contribution in [0.4, 0.5) is 11.4 Å². The second kappa shape index (κ2) is 7.54. The van der Waals surface area contributed by atoms with Crippen molar-refractivity contribution in [3.05, 3.63) is 69.0 Å². The van der Waals surface area contributed by atoms with Crippen LogP contribution in [-0.4, -0.2) is 32.1 Å². The molecule has 27 heavy (non-hydrogen) atoms. The zero-order valence-corrected chi connectivity index (χ0v) is 16.1. The van der Waals surface area contributed by atoms with E-state index in [4.69, 9.17) is 4.42 Å². The topological polar surface area (TPSA) is 74.6 Å². The summed E-state index contributed by atoms with van der Waals surface area (Å²) in [6.45, 7) is 3.50. The van der Waals surface area contributed by atoms with Gasteiger partial charge in [0.1, 0.15) is 5.58 Å². The number of nitrogens with zero attached hydrogens (tertiary/aromatic N) is 1. The Hall–Kier alpha value is -2.64. The summed E-state index contributed by atoms with van der Waals surface area (Å²) in [7, 11) is 0. The first-order valence-corrected chi connectivity index (χ1v) is 9.50. The SMILES string of the molecule is O=C(Nc1cc(Br)ccc1N1CCNCC1)c1cc(=O)c2ccccc2o1. The lowest BCUT2D eigenvalue weighted by atomic mass is 10.2. The molecule has 6 nitrogen and oxygen atoms in total. The first kappa shape index (κ1) is 17.8. The standard InChI is InChI=1S/C20H18BrN3O3/c21-13-5-6-16(24-9-7-22-8-10-24)15(11-13)23-20(26)19-12-17(25)14-3-1-2-4-18(14)27-19/h1-6,11-12,22H,7-10H2,(H,23,26). The van der Waals surface area contributed by atoms with Gasteiger partial charge >= 0.3 is 0 Å². The number of hydrogen-bond donors (Lipinski definition) is 2. The molecule has 138 valence electrons. The number of nitrogens with one attached hydrogen (secondary N) is 2. The van der Waals surface area contributed by atoms with Crippen molar-refractivity contribution in [3.8, 4) is 0 Å². The van der Waals surface area contributed by atoms with Crippen LogP contribution in [0.2, 0.25) is 0 Å². The van der Waals surface area contributed by atoms with E-state index < -0.39 is 5.91 Å². The second-order valence-electron chi connectivity index (χ2n) is 6.32. The summed E-state index contributed by atoms with van der Waals surface area (Å²) in [5.74, 6) is -0.461. The van der Waals surface area contributed by atoms with E-state index in [1.165, 1.54) is 6.07 Å². The molecule has 4 rings (SSSR count). The highest BCUT2D eigenvalue weighted by Gasteiger charge is 2.18. The molecule has 0 saturated carbocycles. The van der Waals surface area contributed by atoms with E-state index in [1.807, 2.05) is 18.2 Å². The lowest BCUT2D eigenvalue weighted by Crippen LogP contribution is -2.43. The predicted octanol–water partition coefficient (Wildman–Crippen LogP) is 3.22. The van der Waals surface area contributed by atoms with Crippen LogP contribution in [0.1, 0.15) is 10.6 Å². The van der Waals surface area contributed by atoms with Crippen molar-refractivity contribution in [3.63, 3.8) is 0 Å². The Morgan fingerprint density at radius 3 is 2.70 bits per heavy atom. The molecule has 1 saturated heterocycles. The van der Waals surface area contributed by atoms with Gasteiger partial charge in [-0.05, 0) is 30.3 Å². The molecule has 1 aliphatic heterocycles. The summed E-state index contributed by atoms with van der Waals surface area (Å²) in [5.41, 5.74) is 1.77. The summed E-state index contributed by atoms with van der Waals surface area (Å²) in [4.78, 5) is 27.2. The van der Waals surface area contributed by atoms with E-state index in [9.17, 15) is 9.59 Å². The molecule has 0 aliphatic carbocycles. The number of benzene rings is 2. The minimum atomic E-state index is -0.452. The third-order valence-electron chi connectivity index (χ3n) is 4.52. The maximum atomic E-state index is 12.8. The molecule has 1 aromatic heterocycles. The maximum absolute atomic E-state index is 12.8. The number of anilines is 2. The number of para-hydroxylation sites is 1. The number of carbonyl (C=O) groups is 1. The molecule has 0 unspecified atom stereocenters. The number of halogens is 1. The van der Waals surface area contributed by atoms with Gasteiger partial charge in [-0.15, -0.1) is 0 Å². The van der Waals surface area contributed by atoms with Gasteiger partial charge in [0.25, 0.3) is 5.91 Å². The van der Waals surface area contributed by atoms with E-state index in [0.29, 0.717) is 16.7 Å². The lowest BCUT2D eigenvalue weighted by Gasteiger charge is -2.31. The Labute approximate surface area is 164 Å². The van der Waals surface area contributed by atoms with Gasteiger partial charge in [0, 0.05) is 36.7 Å². The fraction of sp³-hybridized carbons (Fsp3) is 0.200. The fourth-order valence-electron chi connectivity index (χ4n) is 3.19. The molecular weight excluding hydrogens is 410 g/mol. The molecule has 0 spiro atoms. The quantitative estimate of drug-likeness (QED) is 0.670. The van der Waals surface area contributed by atoms with Crippen LogP contribution in [0.25, 0.3) is 11.0 Å². The Morgan fingerprint density at radius 1 is 1.11 bits per heavy atom. The van der Waals surface area contributed by atoms with Gasteiger partial charge in [0.05, 0.1) is 16.8 Å². The number of amides is 1. The Kier molecular flexibility index (Phi) is 4.96. The molecule has 1 fully saturated rings. The van der Waals surface area contributed by atoms with E-state index in [0.717, 1.165) is 36.3 Å². The van der Waals surface area contributed by atoms with Crippen molar-refractivity contribution in [2.45, 2.75) is 0 Å². The first-order valence-electron chi connectivity index (χ1n) is 8.71. The first-order chi connectivity index (χ1) is 13.1. The van der Waals surface area contributed by atoms with Crippen molar-refractivity contribution >= 4 is 44.2 Å². The van der Waals surface area contributed by atoms with Crippen LogP contribution in [0, 0.1) is 0 Å². The van der Waals surface area contributed by atoms with Crippen LogP contribution in [0.5, 0.6) is 0 Å². The monoisotopic (exact) mass is 427 g/mol. The number of rotatable bonds is 3.